The van der Waals surface area contributed by atoms with E-state index < -0.39 is 5.82 Å². The third-order valence-electron chi connectivity index (χ3n) is 5.35. The van der Waals surface area contributed by atoms with Gasteiger partial charge in [-0.3, -0.25) is 9.59 Å². The summed E-state index contributed by atoms with van der Waals surface area (Å²) >= 11 is 1.35. The molecule has 0 saturated heterocycles. The monoisotopic (exact) mass is 494 g/mol. The molecule has 4 aromatic rings. The van der Waals surface area contributed by atoms with Crippen LogP contribution in [0.25, 0.3) is 0 Å². The van der Waals surface area contributed by atoms with E-state index in [9.17, 15) is 18.4 Å². The number of thiazole rings is 1. The molecule has 0 atom stereocenters. The molecule has 0 aliphatic rings. The molecule has 180 valence electrons. The Morgan fingerprint density at radius 2 is 1.83 bits per heavy atom. The summed E-state index contributed by atoms with van der Waals surface area (Å²) in [5, 5.41) is 5.08. The molecule has 0 unspecified atom stereocenters. The first-order valence-electron chi connectivity index (χ1n) is 11.1. The van der Waals surface area contributed by atoms with Gasteiger partial charge in [0.05, 0.1) is 18.7 Å². The molecule has 2 amide bonds. The van der Waals surface area contributed by atoms with Crippen molar-refractivity contribution in [1.29, 1.82) is 0 Å². The summed E-state index contributed by atoms with van der Waals surface area (Å²) in [7, 11) is 0. The number of carbonyl (C=O) groups excluding carboxylic acids is 2. The summed E-state index contributed by atoms with van der Waals surface area (Å²) < 4.78 is 29.2. The lowest BCUT2D eigenvalue weighted by atomic mass is 10.1. The van der Waals surface area contributed by atoms with Crippen molar-refractivity contribution in [2.24, 2.45) is 0 Å². The standard InChI is InChI=1S/C26H24F2N4O2S/c1-2-13-32(26(34)21-7-3-4-8-22(21)28)15-20-6-5-14-31(20)16-24-30-23(17-35-24)25(33)29-19-11-9-18(27)10-12-19/h3-12,14,17H,2,13,15-16H2,1H3,(H,29,33). The van der Waals surface area contributed by atoms with E-state index in [1.807, 2.05) is 29.8 Å². The zero-order valence-electron chi connectivity index (χ0n) is 19.1. The minimum absolute atomic E-state index is 0.0517. The van der Waals surface area contributed by atoms with Crippen molar-refractivity contribution in [3.63, 3.8) is 0 Å². The number of benzene rings is 2. The van der Waals surface area contributed by atoms with Crippen molar-refractivity contribution in [1.82, 2.24) is 14.5 Å². The van der Waals surface area contributed by atoms with Gasteiger partial charge in [0.15, 0.2) is 0 Å². The minimum atomic E-state index is -0.539. The van der Waals surface area contributed by atoms with Crippen LogP contribution in [-0.2, 0) is 13.1 Å². The number of aromatic nitrogens is 2. The number of hydrogen-bond donors (Lipinski definition) is 1. The third-order valence-corrected chi connectivity index (χ3v) is 6.19. The van der Waals surface area contributed by atoms with Crippen LogP contribution in [0.5, 0.6) is 0 Å². The van der Waals surface area contributed by atoms with E-state index in [4.69, 9.17) is 0 Å². The molecular weight excluding hydrogens is 470 g/mol. The molecule has 0 bridgehead atoms. The Balaban J connectivity index is 1.45. The summed E-state index contributed by atoms with van der Waals surface area (Å²) in [5.41, 5.74) is 1.67. The number of nitrogens with zero attached hydrogens (tertiary/aromatic N) is 3. The number of anilines is 1. The lowest BCUT2D eigenvalue weighted by molar-refractivity contribution is 0.0734. The summed E-state index contributed by atoms with van der Waals surface area (Å²) in [6.07, 6.45) is 2.62. The van der Waals surface area contributed by atoms with Crippen molar-refractivity contribution in [2.75, 3.05) is 11.9 Å². The van der Waals surface area contributed by atoms with Crippen LogP contribution < -0.4 is 5.32 Å². The number of carbonyl (C=O) groups is 2. The van der Waals surface area contributed by atoms with Crippen LogP contribution in [-0.4, -0.2) is 32.8 Å². The highest BCUT2D eigenvalue weighted by Gasteiger charge is 2.20. The first kappa shape index (κ1) is 24.3. The predicted octanol–water partition coefficient (Wildman–Crippen LogP) is 5.58. The number of halogens is 2. The average Bonchev–Trinajstić information content (AvgIpc) is 3.50. The van der Waals surface area contributed by atoms with Crippen LogP contribution >= 0.6 is 11.3 Å². The molecule has 0 radical (unpaired) electrons. The van der Waals surface area contributed by atoms with Crippen molar-refractivity contribution in [2.45, 2.75) is 26.4 Å². The van der Waals surface area contributed by atoms with E-state index in [1.54, 1.807) is 22.4 Å². The molecule has 2 aromatic carbocycles. The maximum Gasteiger partial charge on any atom is 0.275 e. The van der Waals surface area contributed by atoms with Crippen molar-refractivity contribution in [3.05, 3.63) is 106 Å². The lowest BCUT2D eigenvalue weighted by Gasteiger charge is -2.23. The largest absolute Gasteiger partial charge is 0.343 e. The van der Waals surface area contributed by atoms with Crippen LogP contribution in [0.4, 0.5) is 14.5 Å². The van der Waals surface area contributed by atoms with Gasteiger partial charge in [-0.15, -0.1) is 11.3 Å². The second kappa shape index (κ2) is 11.1. The molecule has 35 heavy (non-hydrogen) atoms. The molecule has 0 aliphatic heterocycles. The third kappa shape index (κ3) is 5.99. The van der Waals surface area contributed by atoms with Gasteiger partial charge in [-0.1, -0.05) is 19.1 Å². The molecule has 9 heteroatoms. The molecule has 0 aliphatic carbocycles. The van der Waals surface area contributed by atoms with Crippen LogP contribution in [0.2, 0.25) is 0 Å². The normalized spacial score (nSPS) is 10.8. The van der Waals surface area contributed by atoms with Crippen LogP contribution in [0.15, 0.2) is 72.2 Å². The van der Waals surface area contributed by atoms with E-state index in [-0.39, 0.29) is 28.9 Å². The fraction of sp³-hybridized carbons (Fsp3) is 0.192. The summed E-state index contributed by atoms with van der Waals surface area (Å²) in [6, 6.07) is 15.3. The lowest BCUT2D eigenvalue weighted by Crippen LogP contribution is -2.32. The van der Waals surface area contributed by atoms with Crippen molar-refractivity contribution < 1.29 is 18.4 Å². The van der Waals surface area contributed by atoms with E-state index in [2.05, 4.69) is 10.3 Å². The highest BCUT2D eigenvalue weighted by molar-refractivity contribution is 7.09. The SMILES string of the molecule is CCCN(Cc1cccn1Cc1nc(C(=O)Nc2ccc(F)cc2)cs1)C(=O)c1ccccc1F. The molecule has 0 fully saturated rings. The first-order valence-corrected chi connectivity index (χ1v) is 12.0. The first-order chi connectivity index (χ1) is 16.9. The molecule has 4 rings (SSSR count). The summed E-state index contributed by atoms with van der Waals surface area (Å²) in [5.74, 6) is -1.65. The Hall–Kier alpha value is -3.85. The second-order valence-corrected chi connectivity index (χ2v) is 8.86. The Labute approximate surface area is 205 Å². The maximum absolute atomic E-state index is 14.2. The molecule has 2 heterocycles. The van der Waals surface area contributed by atoms with Crippen LogP contribution in [0.1, 0.15) is 44.9 Å². The van der Waals surface area contributed by atoms with Crippen molar-refractivity contribution >= 4 is 28.8 Å². The van der Waals surface area contributed by atoms with Gasteiger partial charge in [0, 0.05) is 29.5 Å². The number of rotatable bonds is 9. The maximum atomic E-state index is 14.2. The van der Waals surface area contributed by atoms with Gasteiger partial charge in [-0.25, -0.2) is 13.8 Å². The fourth-order valence-electron chi connectivity index (χ4n) is 3.63. The molecule has 0 spiro atoms. The van der Waals surface area contributed by atoms with Gasteiger partial charge >= 0.3 is 0 Å². The van der Waals surface area contributed by atoms with Gasteiger partial charge in [0.25, 0.3) is 11.8 Å². The Kier molecular flexibility index (Phi) is 7.67. The summed E-state index contributed by atoms with van der Waals surface area (Å²) in [4.78, 5) is 31.6. The van der Waals surface area contributed by atoms with E-state index in [1.165, 1.54) is 47.7 Å². The van der Waals surface area contributed by atoms with Crippen LogP contribution in [0.3, 0.4) is 0 Å². The fourth-order valence-corrected chi connectivity index (χ4v) is 4.40. The predicted molar refractivity (Wildman–Crippen MR) is 131 cm³/mol. The minimum Gasteiger partial charge on any atom is -0.343 e. The van der Waals surface area contributed by atoms with Gasteiger partial charge in [-0.05, 0) is 55.0 Å². The highest BCUT2D eigenvalue weighted by Crippen LogP contribution is 2.18. The summed E-state index contributed by atoms with van der Waals surface area (Å²) in [6.45, 7) is 3.19. The van der Waals surface area contributed by atoms with E-state index >= 15 is 0 Å². The molecular formula is C26H24F2N4O2S. The molecule has 2 aromatic heterocycles. The zero-order chi connectivity index (χ0) is 24.8. The second-order valence-electron chi connectivity index (χ2n) is 7.92. The van der Waals surface area contributed by atoms with Gasteiger partial charge < -0.3 is 14.8 Å². The molecule has 0 saturated carbocycles. The van der Waals surface area contributed by atoms with Crippen LogP contribution in [0, 0.1) is 11.6 Å². The number of hydrogen-bond acceptors (Lipinski definition) is 4. The van der Waals surface area contributed by atoms with Gasteiger partial charge in [0.2, 0.25) is 0 Å². The Morgan fingerprint density at radius 1 is 1.06 bits per heavy atom. The van der Waals surface area contributed by atoms with Gasteiger partial charge in [0.1, 0.15) is 22.3 Å². The topological polar surface area (TPSA) is 67.2 Å². The number of nitrogens with one attached hydrogen (secondary N) is 1. The molecule has 6 nitrogen and oxygen atoms in total. The van der Waals surface area contributed by atoms with Gasteiger partial charge in [-0.2, -0.15) is 0 Å². The zero-order valence-corrected chi connectivity index (χ0v) is 19.9. The average molecular weight is 495 g/mol. The molecule has 1 N–H and O–H groups in total. The van der Waals surface area contributed by atoms with E-state index in [0.29, 0.717) is 30.3 Å². The smallest absolute Gasteiger partial charge is 0.275 e. The quantitative estimate of drug-likeness (QED) is 0.331. The van der Waals surface area contributed by atoms with E-state index in [0.717, 1.165) is 12.1 Å². The number of amides is 2. The highest BCUT2D eigenvalue weighted by atomic mass is 32.1. The van der Waals surface area contributed by atoms with Crippen molar-refractivity contribution in [3.8, 4) is 0 Å². The Morgan fingerprint density at radius 3 is 2.57 bits per heavy atom. The Bertz CT molecular complexity index is 1320.